The lowest BCUT2D eigenvalue weighted by Gasteiger charge is -2.10. The van der Waals surface area contributed by atoms with Gasteiger partial charge in [-0.1, -0.05) is 18.5 Å². The summed E-state index contributed by atoms with van der Waals surface area (Å²) in [7, 11) is -3.79. The van der Waals surface area contributed by atoms with E-state index in [1.807, 2.05) is 6.92 Å². The van der Waals surface area contributed by atoms with Crippen molar-refractivity contribution in [3.8, 4) is 0 Å². The Bertz CT molecular complexity index is 579. The Hall–Kier alpha value is -1.31. The number of anilines is 1. The van der Waals surface area contributed by atoms with Crippen LogP contribution in [0.25, 0.3) is 0 Å². The highest BCUT2D eigenvalue weighted by Gasteiger charge is 2.17. The molecule has 0 heterocycles. The molecule has 0 aliphatic carbocycles. The number of carbonyl (C=O) groups excluding carboxylic acids is 1. The summed E-state index contributed by atoms with van der Waals surface area (Å²) < 4.78 is 26.3. The first-order chi connectivity index (χ1) is 9.27. The minimum atomic E-state index is -3.79. The predicted octanol–water partition coefficient (Wildman–Crippen LogP) is 1.04. The smallest absolute Gasteiger partial charge is 0.241 e. The van der Waals surface area contributed by atoms with E-state index in [0.717, 1.165) is 6.42 Å². The Morgan fingerprint density at radius 1 is 1.40 bits per heavy atom. The molecular weight excluding hydrogens is 302 g/mol. The second-order valence-corrected chi connectivity index (χ2v) is 6.46. The molecule has 0 aliphatic heterocycles. The molecule has 112 valence electrons. The van der Waals surface area contributed by atoms with E-state index in [2.05, 4.69) is 10.0 Å². The van der Waals surface area contributed by atoms with Gasteiger partial charge in [0, 0.05) is 6.54 Å². The summed E-state index contributed by atoms with van der Waals surface area (Å²) in [5, 5.41) is 2.90. The third kappa shape index (κ3) is 4.36. The van der Waals surface area contributed by atoms with E-state index in [1.165, 1.54) is 12.1 Å². The fourth-order valence-electron chi connectivity index (χ4n) is 1.49. The highest BCUT2D eigenvalue weighted by molar-refractivity contribution is 7.89. The van der Waals surface area contributed by atoms with Crippen LogP contribution in [0.1, 0.15) is 18.9 Å². The maximum atomic E-state index is 12.0. The zero-order valence-electron chi connectivity index (χ0n) is 11.4. The number of aryl methyl sites for hydroxylation is 1. The van der Waals surface area contributed by atoms with Gasteiger partial charge in [0.05, 0.1) is 22.2 Å². The standard InChI is InChI=1S/C12H18ClN3O3S/c1-3-4-15-11(17)7-16-20(18,19)9-5-8(2)12(13)10(14)6-9/h5-6,16H,3-4,7,14H2,1-2H3,(H,15,17). The molecule has 0 radical (unpaired) electrons. The summed E-state index contributed by atoms with van der Waals surface area (Å²) in [6, 6.07) is 2.67. The zero-order chi connectivity index (χ0) is 15.3. The van der Waals surface area contributed by atoms with E-state index < -0.39 is 10.0 Å². The van der Waals surface area contributed by atoms with Gasteiger partial charge in [-0.05, 0) is 31.0 Å². The van der Waals surface area contributed by atoms with E-state index in [-0.39, 0.29) is 23.0 Å². The molecule has 0 unspecified atom stereocenters. The third-order valence-corrected chi connectivity index (χ3v) is 4.46. The number of amides is 1. The van der Waals surface area contributed by atoms with Crippen LogP contribution in [-0.4, -0.2) is 27.4 Å². The highest BCUT2D eigenvalue weighted by atomic mass is 35.5. The summed E-state index contributed by atoms with van der Waals surface area (Å²) in [6.07, 6.45) is 0.783. The average Bonchev–Trinajstić information content (AvgIpc) is 2.39. The SMILES string of the molecule is CCCNC(=O)CNS(=O)(=O)c1cc(C)c(Cl)c(N)c1. The Labute approximate surface area is 123 Å². The predicted molar refractivity (Wildman–Crippen MR) is 79.1 cm³/mol. The van der Waals surface area contributed by atoms with Gasteiger partial charge < -0.3 is 11.1 Å². The summed E-state index contributed by atoms with van der Waals surface area (Å²) >= 11 is 5.88. The van der Waals surface area contributed by atoms with Gasteiger partial charge in [0.2, 0.25) is 15.9 Å². The Morgan fingerprint density at radius 2 is 2.05 bits per heavy atom. The van der Waals surface area contributed by atoms with E-state index >= 15 is 0 Å². The molecule has 1 amide bonds. The monoisotopic (exact) mass is 319 g/mol. The molecule has 1 aromatic carbocycles. The van der Waals surface area contributed by atoms with Crippen LogP contribution in [0, 0.1) is 6.92 Å². The second-order valence-electron chi connectivity index (χ2n) is 4.32. The van der Waals surface area contributed by atoms with Crippen molar-refractivity contribution in [1.82, 2.24) is 10.0 Å². The molecule has 0 bridgehead atoms. The van der Waals surface area contributed by atoms with Crippen molar-refractivity contribution in [2.75, 3.05) is 18.8 Å². The Morgan fingerprint density at radius 3 is 2.60 bits per heavy atom. The van der Waals surface area contributed by atoms with Gasteiger partial charge in [-0.25, -0.2) is 13.1 Å². The number of halogens is 1. The fourth-order valence-corrected chi connectivity index (χ4v) is 2.70. The van der Waals surface area contributed by atoms with Crippen molar-refractivity contribution >= 4 is 33.2 Å². The first-order valence-corrected chi connectivity index (χ1v) is 7.96. The lowest BCUT2D eigenvalue weighted by molar-refractivity contribution is -0.119. The number of sulfonamides is 1. The summed E-state index contributed by atoms with van der Waals surface area (Å²) in [6.45, 7) is 3.76. The zero-order valence-corrected chi connectivity index (χ0v) is 12.9. The second kappa shape index (κ2) is 6.92. The quantitative estimate of drug-likeness (QED) is 0.682. The Kier molecular flexibility index (Phi) is 5.79. The van der Waals surface area contributed by atoms with Crippen molar-refractivity contribution in [2.45, 2.75) is 25.2 Å². The van der Waals surface area contributed by atoms with Crippen LogP contribution in [0.2, 0.25) is 5.02 Å². The van der Waals surface area contributed by atoms with E-state index in [4.69, 9.17) is 17.3 Å². The molecule has 0 aliphatic rings. The molecule has 1 aromatic rings. The van der Waals surface area contributed by atoms with Gasteiger partial charge in [-0.2, -0.15) is 0 Å². The average molecular weight is 320 g/mol. The summed E-state index contributed by atoms with van der Waals surface area (Å²) in [4.78, 5) is 11.4. The molecule has 0 saturated heterocycles. The third-order valence-electron chi connectivity index (χ3n) is 2.56. The minimum Gasteiger partial charge on any atom is -0.397 e. The van der Waals surface area contributed by atoms with Crippen LogP contribution in [0.3, 0.4) is 0 Å². The summed E-state index contributed by atoms with van der Waals surface area (Å²) in [5.41, 5.74) is 6.38. The lowest BCUT2D eigenvalue weighted by Crippen LogP contribution is -2.37. The number of hydrogen-bond acceptors (Lipinski definition) is 4. The van der Waals surface area contributed by atoms with Crippen LogP contribution in [-0.2, 0) is 14.8 Å². The molecule has 1 rings (SSSR count). The number of carbonyl (C=O) groups is 1. The Balaban J connectivity index is 2.82. The van der Waals surface area contributed by atoms with Crippen LogP contribution >= 0.6 is 11.6 Å². The number of hydrogen-bond donors (Lipinski definition) is 3. The number of nitrogen functional groups attached to an aromatic ring is 1. The molecule has 0 spiro atoms. The molecule has 6 nitrogen and oxygen atoms in total. The first kappa shape index (κ1) is 16.7. The van der Waals surface area contributed by atoms with Crippen LogP contribution < -0.4 is 15.8 Å². The van der Waals surface area contributed by atoms with Crippen LogP contribution in [0.5, 0.6) is 0 Å². The molecule has 0 saturated carbocycles. The molecular formula is C12H18ClN3O3S. The molecule has 4 N–H and O–H groups in total. The van der Waals surface area contributed by atoms with Crippen LogP contribution in [0.15, 0.2) is 17.0 Å². The normalized spacial score (nSPS) is 11.3. The number of rotatable bonds is 6. The van der Waals surface area contributed by atoms with Crippen molar-refractivity contribution in [3.05, 3.63) is 22.7 Å². The molecule has 0 aromatic heterocycles. The van der Waals surface area contributed by atoms with Gasteiger partial charge in [0.15, 0.2) is 0 Å². The highest BCUT2D eigenvalue weighted by Crippen LogP contribution is 2.26. The van der Waals surface area contributed by atoms with Gasteiger partial charge in [0.1, 0.15) is 0 Å². The number of benzene rings is 1. The molecule has 8 heteroatoms. The number of nitrogens with one attached hydrogen (secondary N) is 2. The van der Waals surface area contributed by atoms with Crippen molar-refractivity contribution in [2.24, 2.45) is 0 Å². The van der Waals surface area contributed by atoms with Gasteiger partial charge >= 0.3 is 0 Å². The van der Waals surface area contributed by atoms with Gasteiger partial charge in [-0.3, -0.25) is 4.79 Å². The summed E-state index contributed by atoms with van der Waals surface area (Å²) in [5.74, 6) is -0.380. The lowest BCUT2D eigenvalue weighted by atomic mass is 10.2. The van der Waals surface area contributed by atoms with E-state index in [9.17, 15) is 13.2 Å². The molecule has 0 atom stereocenters. The van der Waals surface area contributed by atoms with E-state index in [1.54, 1.807) is 6.92 Å². The number of nitrogens with two attached hydrogens (primary N) is 1. The maximum absolute atomic E-state index is 12.0. The molecule has 0 fully saturated rings. The van der Waals surface area contributed by atoms with E-state index in [0.29, 0.717) is 17.1 Å². The fraction of sp³-hybridized carbons (Fsp3) is 0.417. The van der Waals surface area contributed by atoms with Crippen molar-refractivity contribution in [3.63, 3.8) is 0 Å². The van der Waals surface area contributed by atoms with Crippen molar-refractivity contribution < 1.29 is 13.2 Å². The van der Waals surface area contributed by atoms with Gasteiger partial charge in [0.25, 0.3) is 0 Å². The maximum Gasteiger partial charge on any atom is 0.241 e. The molecule has 20 heavy (non-hydrogen) atoms. The van der Waals surface area contributed by atoms with Crippen molar-refractivity contribution in [1.29, 1.82) is 0 Å². The minimum absolute atomic E-state index is 0.0137. The largest absolute Gasteiger partial charge is 0.397 e. The first-order valence-electron chi connectivity index (χ1n) is 6.10. The topological polar surface area (TPSA) is 101 Å². The van der Waals surface area contributed by atoms with Gasteiger partial charge in [-0.15, -0.1) is 0 Å². The van der Waals surface area contributed by atoms with Crippen LogP contribution in [0.4, 0.5) is 5.69 Å².